The van der Waals surface area contributed by atoms with E-state index in [0.29, 0.717) is 13.0 Å². The lowest BCUT2D eigenvalue weighted by molar-refractivity contribution is -0.126. The average Bonchev–Trinajstić information content (AvgIpc) is 2.71. The molecule has 0 radical (unpaired) electrons. The molecule has 0 aliphatic heterocycles. The van der Waals surface area contributed by atoms with Crippen molar-refractivity contribution in [2.75, 3.05) is 6.54 Å². The Morgan fingerprint density at radius 1 is 1.47 bits per heavy atom. The first-order valence-electron chi connectivity index (χ1n) is 6.23. The van der Waals surface area contributed by atoms with Gasteiger partial charge < -0.3 is 5.73 Å². The van der Waals surface area contributed by atoms with Gasteiger partial charge in [-0.15, -0.1) is 0 Å². The fraction of sp³-hybridized carbons (Fsp3) is 0.692. The molecule has 0 aliphatic carbocycles. The summed E-state index contributed by atoms with van der Waals surface area (Å²) in [5.74, 6) is 0.178. The maximum atomic E-state index is 12.1. The van der Waals surface area contributed by atoms with E-state index >= 15 is 0 Å². The first-order chi connectivity index (χ1) is 7.94. The predicted molar refractivity (Wildman–Crippen MR) is 68.8 cm³/mol. The molecule has 1 heterocycles. The molecule has 17 heavy (non-hydrogen) atoms. The summed E-state index contributed by atoms with van der Waals surface area (Å²) in [6.07, 6.45) is 1.32. The van der Waals surface area contributed by atoms with Crippen molar-refractivity contribution in [3.05, 3.63) is 17.5 Å². The number of aromatic nitrogens is 2. The Kier molecular flexibility index (Phi) is 4.46. The maximum absolute atomic E-state index is 12.1. The molecule has 96 valence electrons. The molecule has 0 aromatic carbocycles. The largest absolute Gasteiger partial charge is 0.329 e. The summed E-state index contributed by atoms with van der Waals surface area (Å²) in [5.41, 5.74) is 7.21. The van der Waals surface area contributed by atoms with Gasteiger partial charge in [-0.3, -0.25) is 9.48 Å². The minimum atomic E-state index is -0.449. The van der Waals surface area contributed by atoms with Crippen molar-refractivity contribution in [3.8, 4) is 0 Å². The lowest BCUT2D eigenvalue weighted by Gasteiger charge is -2.20. The zero-order valence-corrected chi connectivity index (χ0v) is 11.3. The highest BCUT2D eigenvalue weighted by Gasteiger charge is 2.26. The number of carbonyl (C=O) groups excluding carboxylic acids is 1. The normalized spacial score (nSPS) is 11.8. The molecule has 0 aliphatic rings. The first kappa shape index (κ1) is 13.9. The Bertz CT molecular complexity index is 393. The molecule has 0 fully saturated rings. The van der Waals surface area contributed by atoms with Crippen molar-refractivity contribution in [2.45, 2.75) is 47.1 Å². The van der Waals surface area contributed by atoms with Crippen LogP contribution in [0, 0.1) is 5.41 Å². The van der Waals surface area contributed by atoms with Crippen LogP contribution < -0.4 is 5.73 Å². The molecule has 0 saturated heterocycles. The van der Waals surface area contributed by atoms with Crippen molar-refractivity contribution < 1.29 is 4.79 Å². The van der Waals surface area contributed by atoms with Crippen molar-refractivity contribution in [1.29, 1.82) is 0 Å². The van der Waals surface area contributed by atoms with Crippen LogP contribution in [-0.2, 0) is 24.2 Å². The van der Waals surface area contributed by atoms with Gasteiger partial charge in [-0.2, -0.15) is 5.10 Å². The van der Waals surface area contributed by atoms with Crippen molar-refractivity contribution in [2.24, 2.45) is 11.1 Å². The van der Waals surface area contributed by atoms with Crippen LogP contribution in [-0.4, -0.2) is 22.1 Å². The van der Waals surface area contributed by atoms with E-state index in [1.807, 2.05) is 31.5 Å². The van der Waals surface area contributed by atoms with Crippen LogP contribution in [0.15, 0.2) is 6.07 Å². The lowest BCUT2D eigenvalue weighted by atomic mass is 9.86. The Morgan fingerprint density at radius 2 is 2.12 bits per heavy atom. The summed E-state index contributed by atoms with van der Waals surface area (Å²) in [6, 6.07) is 2.02. The average molecular weight is 237 g/mol. The quantitative estimate of drug-likeness (QED) is 0.816. The van der Waals surface area contributed by atoms with E-state index in [1.54, 1.807) is 0 Å². The number of hydrogen-bond acceptors (Lipinski definition) is 3. The highest BCUT2D eigenvalue weighted by Crippen LogP contribution is 2.18. The van der Waals surface area contributed by atoms with E-state index < -0.39 is 5.41 Å². The van der Waals surface area contributed by atoms with Crippen LogP contribution in [0.1, 0.15) is 39.1 Å². The van der Waals surface area contributed by atoms with E-state index in [4.69, 9.17) is 5.73 Å². The van der Waals surface area contributed by atoms with Gasteiger partial charge in [0.15, 0.2) is 0 Å². The number of hydrogen-bond donors (Lipinski definition) is 1. The molecule has 1 aromatic rings. The van der Waals surface area contributed by atoms with Crippen LogP contribution in [0.2, 0.25) is 0 Å². The summed E-state index contributed by atoms with van der Waals surface area (Å²) in [5, 5.41) is 4.44. The Labute approximate surface area is 103 Å². The first-order valence-corrected chi connectivity index (χ1v) is 6.23. The number of nitrogens with two attached hydrogens (primary N) is 1. The van der Waals surface area contributed by atoms with E-state index in [-0.39, 0.29) is 5.78 Å². The zero-order valence-electron chi connectivity index (χ0n) is 11.3. The third kappa shape index (κ3) is 3.16. The molecule has 1 aromatic heterocycles. The van der Waals surface area contributed by atoms with E-state index in [1.165, 1.54) is 0 Å². The molecule has 0 unspecified atom stereocenters. The van der Waals surface area contributed by atoms with Gasteiger partial charge in [-0.1, -0.05) is 20.8 Å². The van der Waals surface area contributed by atoms with E-state index in [9.17, 15) is 4.79 Å². The van der Waals surface area contributed by atoms with Crippen LogP contribution >= 0.6 is 0 Å². The van der Waals surface area contributed by atoms with Gasteiger partial charge in [0.2, 0.25) is 0 Å². The number of aryl methyl sites for hydroxylation is 2. The molecule has 4 nitrogen and oxygen atoms in total. The number of carbonyl (C=O) groups is 1. The molecular formula is C13H23N3O. The monoisotopic (exact) mass is 237 g/mol. The van der Waals surface area contributed by atoms with Crippen molar-refractivity contribution in [1.82, 2.24) is 9.78 Å². The lowest BCUT2D eigenvalue weighted by Crippen LogP contribution is -2.34. The van der Waals surface area contributed by atoms with E-state index in [0.717, 1.165) is 24.4 Å². The standard InChI is InChI=1S/C13H23N3O/c1-5-10-7-11(16(6-2)15-10)8-12(17)13(3,4)9-14/h7H,5-6,8-9,14H2,1-4H3. The summed E-state index contributed by atoms with van der Waals surface area (Å²) < 4.78 is 1.91. The van der Waals surface area contributed by atoms with Gasteiger partial charge in [0.1, 0.15) is 5.78 Å². The van der Waals surface area contributed by atoms with Gasteiger partial charge in [0.25, 0.3) is 0 Å². The van der Waals surface area contributed by atoms with Gasteiger partial charge in [0.05, 0.1) is 5.69 Å². The second kappa shape index (κ2) is 5.45. The topological polar surface area (TPSA) is 60.9 Å². The third-order valence-corrected chi connectivity index (χ3v) is 3.18. The summed E-state index contributed by atoms with van der Waals surface area (Å²) in [7, 11) is 0. The molecular weight excluding hydrogens is 214 g/mol. The zero-order chi connectivity index (χ0) is 13.1. The third-order valence-electron chi connectivity index (χ3n) is 3.18. The molecule has 0 atom stereocenters. The van der Waals surface area contributed by atoms with Crippen LogP contribution in [0.25, 0.3) is 0 Å². The second-order valence-corrected chi connectivity index (χ2v) is 4.98. The SMILES string of the molecule is CCc1cc(CC(=O)C(C)(C)CN)n(CC)n1. The van der Waals surface area contributed by atoms with Crippen LogP contribution in [0.5, 0.6) is 0 Å². The Hall–Kier alpha value is -1.16. The molecule has 0 amide bonds. The number of ketones is 1. The number of nitrogens with zero attached hydrogens (tertiary/aromatic N) is 2. The highest BCUT2D eigenvalue weighted by atomic mass is 16.1. The van der Waals surface area contributed by atoms with Gasteiger partial charge in [-0.05, 0) is 19.4 Å². The van der Waals surface area contributed by atoms with Gasteiger partial charge in [-0.25, -0.2) is 0 Å². The fourth-order valence-corrected chi connectivity index (χ4v) is 1.62. The smallest absolute Gasteiger partial charge is 0.145 e. The fourth-order valence-electron chi connectivity index (χ4n) is 1.62. The minimum Gasteiger partial charge on any atom is -0.329 e. The number of rotatable bonds is 6. The summed E-state index contributed by atoms with van der Waals surface area (Å²) >= 11 is 0. The van der Waals surface area contributed by atoms with Gasteiger partial charge in [0, 0.05) is 30.6 Å². The Morgan fingerprint density at radius 3 is 2.59 bits per heavy atom. The summed E-state index contributed by atoms with van der Waals surface area (Å²) in [6.45, 7) is 9.07. The summed E-state index contributed by atoms with van der Waals surface area (Å²) in [4.78, 5) is 12.1. The highest BCUT2D eigenvalue weighted by molar-refractivity contribution is 5.86. The molecule has 2 N–H and O–H groups in total. The molecule has 0 bridgehead atoms. The minimum absolute atomic E-state index is 0.178. The molecule has 1 rings (SSSR count). The van der Waals surface area contributed by atoms with Gasteiger partial charge >= 0.3 is 0 Å². The van der Waals surface area contributed by atoms with Crippen molar-refractivity contribution in [3.63, 3.8) is 0 Å². The molecule has 0 spiro atoms. The molecule has 0 saturated carbocycles. The second-order valence-electron chi connectivity index (χ2n) is 4.98. The van der Waals surface area contributed by atoms with Crippen LogP contribution in [0.4, 0.5) is 0 Å². The van der Waals surface area contributed by atoms with Crippen molar-refractivity contribution >= 4 is 5.78 Å². The predicted octanol–water partition coefficient (Wildman–Crippen LogP) is 1.56. The maximum Gasteiger partial charge on any atom is 0.145 e. The molecule has 4 heteroatoms. The Balaban J connectivity index is 2.87. The van der Waals surface area contributed by atoms with E-state index in [2.05, 4.69) is 12.0 Å². The van der Waals surface area contributed by atoms with Crippen LogP contribution in [0.3, 0.4) is 0 Å². The number of Topliss-reactive ketones (excluding diaryl/α,β-unsaturated/α-hetero) is 1.